The van der Waals surface area contributed by atoms with E-state index in [4.69, 9.17) is 0 Å². The third kappa shape index (κ3) is 10.2. The summed E-state index contributed by atoms with van der Waals surface area (Å²) in [4.78, 5) is 46.9. The summed E-state index contributed by atoms with van der Waals surface area (Å²) in [5.74, 6) is -3.19. The molecule has 1 aliphatic rings. The van der Waals surface area contributed by atoms with E-state index in [0.29, 0.717) is 24.6 Å². The quantitative estimate of drug-likeness (QED) is 0.219. The van der Waals surface area contributed by atoms with Crippen LogP contribution in [0.25, 0.3) is 10.8 Å². The molecule has 0 aliphatic carbocycles. The highest BCUT2D eigenvalue weighted by Gasteiger charge is 2.35. The summed E-state index contributed by atoms with van der Waals surface area (Å²) < 4.78 is 28.1. The number of carbonyl (C=O) groups excluding carboxylic acids is 3. The molecule has 1 aliphatic heterocycles. The Balaban J connectivity index is 1.62. The molecule has 3 amide bonds. The lowest BCUT2D eigenvalue weighted by Crippen LogP contribution is -2.56. The molecule has 3 atom stereocenters. The van der Waals surface area contributed by atoms with E-state index in [1.54, 1.807) is 13.1 Å². The molecule has 3 aromatic rings. The SMILES string of the molecule is CNC(C)(C)C/C=C/C(=O)N(C)C(Cc1ccc2ccccc2c1)C(=O)N(C)C(Cc1ccc(F)c(F)c1)C(=O)NCCC1CCCN1C. The lowest BCUT2D eigenvalue weighted by Gasteiger charge is -2.34. The summed E-state index contributed by atoms with van der Waals surface area (Å²) >= 11 is 0. The molecule has 3 aromatic carbocycles. The summed E-state index contributed by atoms with van der Waals surface area (Å²) in [6, 6.07) is 15.7. The lowest BCUT2D eigenvalue weighted by molar-refractivity contribution is -0.146. The van der Waals surface area contributed by atoms with Crippen LogP contribution in [0.3, 0.4) is 0 Å². The molecule has 2 N–H and O–H groups in total. The van der Waals surface area contributed by atoms with Crippen molar-refractivity contribution < 1.29 is 23.2 Å². The number of halogens is 2. The smallest absolute Gasteiger partial charge is 0.246 e. The van der Waals surface area contributed by atoms with E-state index >= 15 is 0 Å². The fraction of sp³-hybridized carbons (Fsp3) is 0.462. The van der Waals surface area contributed by atoms with Crippen molar-refractivity contribution in [3.8, 4) is 0 Å². The highest BCUT2D eigenvalue weighted by Crippen LogP contribution is 2.21. The minimum absolute atomic E-state index is 0.0338. The summed E-state index contributed by atoms with van der Waals surface area (Å²) in [6.07, 6.45) is 6.96. The third-order valence-corrected chi connectivity index (χ3v) is 9.89. The molecule has 0 spiro atoms. The second-order valence-corrected chi connectivity index (χ2v) is 13.9. The summed E-state index contributed by atoms with van der Waals surface area (Å²) in [5, 5.41) is 8.26. The normalized spacial score (nSPS) is 16.5. The average Bonchev–Trinajstić information content (AvgIpc) is 3.50. The molecule has 4 rings (SSSR count). The van der Waals surface area contributed by atoms with Gasteiger partial charge in [0.25, 0.3) is 0 Å². The van der Waals surface area contributed by atoms with Gasteiger partial charge in [-0.25, -0.2) is 8.78 Å². The van der Waals surface area contributed by atoms with Crippen molar-refractivity contribution in [1.82, 2.24) is 25.3 Å². The summed E-state index contributed by atoms with van der Waals surface area (Å²) in [7, 11) is 7.06. The lowest BCUT2D eigenvalue weighted by atomic mass is 9.98. The number of benzene rings is 3. The zero-order valence-electron chi connectivity index (χ0n) is 29.6. The maximum Gasteiger partial charge on any atom is 0.246 e. The number of rotatable bonds is 15. The summed E-state index contributed by atoms with van der Waals surface area (Å²) in [5.41, 5.74) is 1.01. The van der Waals surface area contributed by atoms with Gasteiger partial charge in [-0.2, -0.15) is 0 Å². The predicted molar refractivity (Wildman–Crippen MR) is 191 cm³/mol. The van der Waals surface area contributed by atoms with Crippen LogP contribution in [0.2, 0.25) is 0 Å². The molecule has 0 aromatic heterocycles. The fourth-order valence-electron chi connectivity index (χ4n) is 6.31. The Morgan fingerprint density at radius 1 is 0.939 bits per heavy atom. The summed E-state index contributed by atoms with van der Waals surface area (Å²) in [6.45, 7) is 5.48. The highest BCUT2D eigenvalue weighted by molar-refractivity contribution is 5.95. The molecule has 1 saturated heterocycles. The highest BCUT2D eigenvalue weighted by atomic mass is 19.2. The predicted octanol–water partition coefficient (Wildman–Crippen LogP) is 5.10. The minimum Gasteiger partial charge on any atom is -0.354 e. The minimum atomic E-state index is -1.03. The van der Waals surface area contributed by atoms with Crippen molar-refractivity contribution in [3.63, 3.8) is 0 Å². The largest absolute Gasteiger partial charge is 0.354 e. The molecule has 1 heterocycles. The van der Waals surface area contributed by atoms with Gasteiger partial charge < -0.3 is 25.3 Å². The van der Waals surface area contributed by atoms with Crippen LogP contribution in [0.4, 0.5) is 8.78 Å². The van der Waals surface area contributed by atoms with Gasteiger partial charge in [0.15, 0.2) is 11.6 Å². The third-order valence-electron chi connectivity index (χ3n) is 9.89. The zero-order chi connectivity index (χ0) is 35.7. The van der Waals surface area contributed by atoms with Crippen LogP contribution in [0.1, 0.15) is 50.7 Å². The van der Waals surface area contributed by atoms with Crippen molar-refractivity contribution in [1.29, 1.82) is 0 Å². The van der Waals surface area contributed by atoms with Crippen LogP contribution >= 0.6 is 0 Å². The van der Waals surface area contributed by atoms with Crippen molar-refractivity contribution in [2.75, 3.05) is 41.3 Å². The molecule has 1 fully saturated rings. The van der Waals surface area contributed by atoms with E-state index in [-0.39, 0.29) is 24.3 Å². The number of nitrogens with one attached hydrogen (secondary N) is 2. The van der Waals surface area contributed by atoms with Gasteiger partial charge >= 0.3 is 0 Å². The molecule has 0 radical (unpaired) electrons. The van der Waals surface area contributed by atoms with Crippen molar-refractivity contribution in [2.45, 2.75) is 76.0 Å². The molecular weight excluding hydrogens is 624 g/mol. The zero-order valence-corrected chi connectivity index (χ0v) is 29.6. The van der Waals surface area contributed by atoms with Gasteiger partial charge in [0, 0.05) is 45.1 Å². The topological polar surface area (TPSA) is 85.0 Å². The van der Waals surface area contributed by atoms with Crippen LogP contribution in [0, 0.1) is 11.6 Å². The Hall–Kier alpha value is -4.15. The van der Waals surface area contributed by atoms with Gasteiger partial charge in [0.1, 0.15) is 12.1 Å². The maximum absolute atomic E-state index is 14.5. The van der Waals surface area contributed by atoms with E-state index in [1.165, 1.54) is 29.0 Å². The van der Waals surface area contributed by atoms with Gasteiger partial charge in [0.05, 0.1) is 0 Å². The fourth-order valence-corrected chi connectivity index (χ4v) is 6.31. The van der Waals surface area contributed by atoms with E-state index in [1.807, 2.05) is 63.4 Å². The van der Waals surface area contributed by atoms with Gasteiger partial charge in [-0.3, -0.25) is 14.4 Å². The van der Waals surface area contributed by atoms with E-state index in [0.717, 1.165) is 54.3 Å². The van der Waals surface area contributed by atoms with Gasteiger partial charge in [-0.1, -0.05) is 54.6 Å². The first-order valence-corrected chi connectivity index (χ1v) is 17.1. The second-order valence-electron chi connectivity index (χ2n) is 13.9. The van der Waals surface area contributed by atoms with Gasteiger partial charge in [-0.15, -0.1) is 0 Å². The second kappa shape index (κ2) is 17.0. The number of amides is 3. The molecule has 10 heteroatoms. The van der Waals surface area contributed by atoms with Crippen LogP contribution in [-0.2, 0) is 27.2 Å². The molecule has 264 valence electrons. The van der Waals surface area contributed by atoms with E-state index in [9.17, 15) is 23.2 Å². The monoisotopic (exact) mass is 675 g/mol. The van der Waals surface area contributed by atoms with Crippen molar-refractivity contribution >= 4 is 28.5 Å². The van der Waals surface area contributed by atoms with E-state index < -0.39 is 35.5 Å². The number of likely N-dealkylation sites (N-methyl/N-ethyl adjacent to an activating group) is 2. The van der Waals surface area contributed by atoms with Crippen LogP contribution in [-0.4, -0.2) is 97.4 Å². The molecule has 49 heavy (non-hydrogen) atoms. The van der Waals surface area contributed by atoms with Gasteiger partial charge in [-0.05, 0) is 100 Å². The Kier molecular flexibility index (Phi) is 13.1. The Morgan fingerprint density at radius 2 is 1.61 bits per heavy atom. The number of carbonyl (C=O) groups is 3. The van der Waals surface area contributed by atoms with Gasteiger partial charge in [0.2, 0.25) is 17.7 Å². The first-order valence-electron chi connectivity index (χ1n) is 17.1. The first kappa shape index (κ1) is 37.7. The molecule has 0 bridgehead atoms. The number of likely N-dealkylation sites (tertiary alicyclic amines) is 1. The molecular formula is C39H51F2N5O3. The Labute approximate surface area is 289 Å². The number of nitrogens with zero attached hydrogens (tertiary/aromatic N) is 3. The number of hydrogen-bond acceptors (Lipinski definition) is 5. The standard InChI is InChI=1S/C39H51F2N5O3/c1-39(2,42-3)20-9-14-36(47)45(5)35(26-27-15-17-29-11-7-8-12-30(29)23-27)38(49)46(6)34(25-28-16-18-32(40)33(41)24-28)37(48)43-21-19-31-13-10-22-44(31)4/h7-9,11-12,14-18,23-24,31,34-35,42H,10,13,19-22,25-26H2,1-6H3,(H,43,48)/b14-9+. The van der Waals surface area contributed by atoms with Crippen molar-refractivity contribution in [2.24, 2.45) is 0 Å². The molecule has 0 saturated carbocycles. The first-order chi connectivity index (χ1) is 23.3. The Bertz CT molecular complexity index is 1640. The van der Waals surface area contributed by atoms with Crippen LogP contribution in [0.15, 0.2) is 72.8 Å². The van der Waals surface area contributed by atoms with Crippen molar-refractivity contribution in [3.05, 3.63) is 95.6 Å². The average molecular weight is 676 g/mol. The molecule has 3 unspecified atom stereocenters. The number of hydrogen-bond donors (Lipinski definition) is 2. The maximum atomic E-state index is 14.5. The number of fused-ring (bicyclic) bond motifs is 1. The van der Waals surface area contributed by atoms with Crippen LogP contribution < -0.4 is 10.6 Å². The molecule has 8 nitrogen and oxygen atoms in total. The van der Waals surface area contributed by atoms with Crippen LogP contribution in [0.5, 0.6) is 0 Å². The Morgan fingerprint density at radius 3 is 2.29 bits per heavy atom. The van der Waals surface area contributed by atoms with E-state index in [2.05, 4.69) is 22.6 Å².